The molecule has 48 heavy (non-hydrogen) atoms. The van der Waals surface area contributed by atoms with Crippen molar-refractivity contribution >= 4 is 27.5 Å². The van der Waals surface area contributed by atoms with Gasteiger partial charge in [0.15, 0.2) is 11.5 Å². The number of ether oxygens (including phenoxy) is 2. The summed E-state index contributed by atoms with van der Waals surface area (Å²) in [7, 11) is -1.71. The van der Waals surface area contributed by atoms with Crippen molar-refractivity contribution in [1.29, 1.82) is 0 Å². The number of nitrogens with zero attached hydrogens (tertiary/aromatic N) is 2. The molecule has 0 spiro atoms. The lowest BCUT2D eigenvalue weighted by Gasteiger charge is -2.34. The predicted octanol–water partition coefficient (Wildman–Crippen LogP) is 5.73. The number of rotatable bonds is 15. The van der Waals surface area contributed by atoms with E-state index in [-0.39, 0.29) is 35.3 Å². The Balaban J connectivity index is 1.82. The third-order valence-corrected chi connectivity index (χ3v) is 9.64. The van der Waals surface area contributed by atoms with Crippen LogP contribution in [-0.2, 0) is 32.6 Å². The molecule has 2 atom stereocenters. The van der Waals surface area contributed by atoms with E-state index in [1.807, 2.05) is 44.2 Å². The number of amides is 2. The van der Waals surface area contributed by atoms with Gasteiger partial charge >= 0.3 is 0 Å². The van der Waals surface area contributed by atoms with Crippen LogP contribution in [0.15, 0.2) is 102 Å². The van der Waals surface area contributed by atoms with Crippen LogP contribution < -0.4 is 19.1 Å². The van der Waals surface area contributed by atoms with Gasteiger partial charge in [-0.3, -0.25) is 13.9 Å². The molecule has 0 bridgehead atoms. The number of carbonyl (C=O) groups is 2. The zero-order chi connectivity index (χ0) is 34.8. The molecule has 12 heteroatoms. The highest BCUT2D eigenvalue weighted by Crippen LogP contribution is 2.32. The average molecular weight is 680 g/mol. The lowest BCUT2D eigenvalue weighted by molar-refractivity contribution is -0.140. The molecule has 254 valence electrons. The van der Waals surface area contributed by atoms with Crippen LogP contribution in [0.4, 0.5) is 14.5 Å². The molecule has 0 aliphatic carbocycles. The number of hydrogen-bond acceptors (Lipinski definition) is 6. The van der Waals surface area contributed by atoms with Gasteiger partial charge in [0.25, 0.3) is 10.0 Å². The van der Waals surface area contributed by atoms with E-state index in [9.17, 15) is 26.8 Å². The maximum Gasteiger partial charge on any atom is 0.264 e. The summed E-state index contributed by atoms with van der Waals surface area (Å²) in [5, 5.41) is 2.96. The molecule has 0 unspecified atom stereocenters. The summed E-state index contributed by atoms with van der Waals surface area (Å²) in [6.07, 6.45) is 0.757. The van der Waals surface area contributed by atoms with E-state index in [1.54, 1.807) is 0 Å². The summed E-state index contributed by atoms with van der Waals surface area (Å²) in [6, 6.07) is 22.0. The van der Waals surface area contributed by atoms with Crippen molar-refractivity contribution in [2.24, 2.45) is 0 Å². The van der Waals surface area contributed by atoms with Crippen LogP contribution in [0.25, 0.3) is 0 Å². The Labute approximate surface area is 280 Å². The van der Waals surface area contributed by atoms with Crippen LogP contribution in [0.1, 0.15) is 31.4 Å². The third kappa shape index (κ3) is 8.88. The topological polar surface area (TPSA) is 105 Å². The summed E-state index contributed by atoms with van der Waals surface area (Å²) in [4.78, 5) is 29.5. The van der Waals surface area contributed by atoms with Gasteiger partial charge in [0.05, 0.1) is 24.8 Å². The highest BCUT2D eigenvalue weighted by atomic mass is 32.2. The quantitative estimate of drug-likeness (QED) is 0.172. The van der Waals surface area contributed by atoms with Crippen LogP contribution in [0.5, 0.6) is 11.5 Å². The van der Waals surface area contributed by atoms with Gasteiger partial charge in [-0.1, -0.05) is 49.4 Å². The highest BCUT2D eigenvalue weighted by Gasteiger charge is 2.35. The number of anilines is 1. The normalized spacial score (nSPS) is 12.5. The van der Waals surface area contributed by atoms with E-state index in [1.165, 1.54) is 73.7 Å². The minimum Gasteiger partial charge on any atom is -0.493 e. The van der Waals surface area contributed by atoms with E-state index in [2.05, 4.69) is 5.32 Å². The zero-order valence-electron chi connectivity index (χ0n) is 27.2. The first-order chi connectivity index (χ1) is 23.0. The van der Waals surface area contributed by atoms with Gasteiger partial charge in [0.1, 0.15) is 24.2 Å². The maximum absolute atomic E-state index is 14.5. The van der Waals surface area contributed by atoms with Crippen molar-refractivity contribution < 1.29 is 36.3 Å². The number of nitrogens with one attached hydrogen (secondary N) is 1. The number of methoxy groups -OCH3 is 2. The largest absolute Gasteiger partial charge is 0.493 e. The van der Waals surface area contributed by atoms with Crippen molar-refractivity contribution in [2.75, 3.05) is 25.1 Å². The Morgan fingerprint density at radius 1 is 0.812 bits per heavy atom. The molecule has 0 saturated heterocycles. The summed E-state index contributed by atoms with van der Waals surface area (Å²) in [6.45, 7) is 2.89. The number of carbonyl (C=O) groups excluding carboxylic acids is 2. The minimum atomic E-state index is -4.48. The van der Waals surface area contributed by atoms with Gasteiger partial charge in [-0.05, 0) is 73.0 Å². The molecule has 4 aromatic rings. The molecule has 1 N–H and O–H groups in total. The number of halogens is 2. The Morgan fingerprint density at radius 3 is 2.00 bits per heavy atom. The lowest BCUT2D eigenvalue weighted by Crippen LogP contribution is -2.54. The lowest BCUT2D eigenvalue weighted by atomic mass is 10.0. The highest BCUT2D eigenvalue weighted by molar-refractivity contribution is 7.92. The van der Waals surface area contributed by atoms with Crippen LogP contribution in [0.3, 0.4) is 0 Å². The van der Waals surface area contributed by atoms with Crippen molar-refractivity contribution in [1.82, 2.24) is 10.2 Å². The SMILES string of the molecule is CC[C@@H](C)NC(=O)[C@H](Cc1ccccc1)N(Cc1ccc(F)cc1)C(=O)CN(c1ccc(F)cc1)S(=O)(=O)c1ccc(OC)c(OC)c1. The van der Waals surface area contributed by atoms with Crippen LogP contribution in [-0.4, -0.2) is 58.0 Å². The Kier molecular flexibility index (Phi) is 12.1. The molecule has 9 nitrogen and oxygen atoms in total. The van der Waals surface area contributed by atoms with Crippen molar-refractivity contribution in [3.05, 3.63) is 120 Å². The molecule has 4 rings (SSSR count). The van der Waals surface area contributed by atoms with Gasteiger partial charge in [0, 0.05) is 25.1 Å². The smallest absolute Gasteiger partial charge is 0.264 e. The minimum absolute atomic E-state index is 0.0185. The Hall–Kier alpha value is -4.97. The van der Waals surface area contributed by atoms with Crippen molar-refractivity contribution in [3.63, 3.8) is 0 Å². The number of sulfonamides is 1. The summed E-state index contributed by atoms with van der Waals surface area (Å²) >= 11 is 0. The fourth-order valence-electron chi connectivity index (χ4n) is 5.02. The van der Waals surface area contributed by atoms with Gasteiger partial charge in [-0.15, -0.1) is 0 Å². The van der Waals surface area contributed by atoms with Gasteiger partial charge in [0.2, 0.25) is 11.8 Å². The monoisotopic (exact) mass is 679 g/mol. The molecule has 0 saturated carbocycles. The van der Waals surface area contributed by atoms with Gasteiger partial charge in [-0.2, -0.15) is 0 Å². The first-order valence-electron chi connectivity index (χ1n) is 15.3. The second-order valence-corrected chi connectivity index (χ2v) is 13.0. The molecule has 0 radical (unpaired) electrons. The Morgan fingerprint density at radius 2 is 1.42 bits per heavy atom. The molecule has 2 amide bonds. The fraction of sp³-hybridized carbons (Fsp3) is 0.278. The average Bonchev–Trinajstić information content (AvgIpc) is 3.09. The number of hydrogen-bond donors (Lipinski definition) is 1. The Bertz CT molecular complexity index is 1790. The first kappa shape index (κ1) is 35.9. The van der Waals surface area contributed by atoms with E-state index < -0.39 is 46.1 Å². The first-order valence-corrected chi connectivity index (χ1v) is 16.8. The molecule has 0 aliphatic heterocycles. The van der Waals surface area contributed by atoms with Crippen LogP contribution in [0, 0.1) is 11.6 Å². The summed E-state index contributed by atoms with van der Waals surface area (Å²) in [5.74, 6) is -1.78. The number of benzene rings is 4. The fourth-order valence-corrected chi connectivity index (χ4v) is 6.45. The second-order valence-electron chi connectivity index (χ2n) is 11.2. The standard InChI is InChI=1S/C36H39F2N3O6S/c1-5-25(2)39-36(43)32(21-26-9-7-6-8-10-26)40(23-27-11-13-28(37)14-12-27)35(42)24-41(30-17-15-29(38)16-18-30)48(44,45)31-19-20-33(46-3)34(22-31)47-4/h6-20,22,25,32H,5,21,23-24H2,1-4H3,(H,39,43)/t25-,32+/m1/s1. The third-order valence-electron chi connectivity index (χ3n) is 7.87. The molecule has 0 aromatic heterocycles. The maximum atomic E-state index is 14.5. The van der Waals surface area contributed by atoms with Crippen LogP contribution in [0.2, 0.25) is 0 Å². The van der Waals surface area contributed by atoms with Gasteiger partial charge in [-0.25, -0.2) is 17.2 Å². The zero-order valence-corrected chi connectivity index (χ0v) is 28.0. The predicted molar refractivity (Wildman–Crippen MR) is 179 cm³/mol. The van der Waals surface area contributed by atoms with E-state index >= 15 is 0 Å². The van der Waals surface area contributed by atoms with E-state index in [0.29, 0.717) is 17.7 Å². The molecule has 4 aromatic carbocycles. The van der Waals surface area contributed by atoms with Crippen molar-refractivity contribution in [3.8, 4) is 11.5 Å². The molecule has 0 heterocycles. The molecular weight excluding hydrogens is 640 g/mol. The van der Waals surface area contributed by atoms with Crippen molar-refractivity contribution in [2.45, 2.75) is 50.2 Å². The van der Waals surface area contributed by atoms with Crippen LogP contribution >= 0.6 is 0 Å². The summed E-state index contributed by atoms with van der Waals surface area (Å²) in [5.41, 5.74) is 1.31. The second kappa shape index (κ2) is 16.2. The van der Waals surface area contributed by atoms with E-state index in [0.717, 1.165) is 22.0 Å². The van der Waals surface area contributed by atoms with E-state index in [4.69, 9.17) is 9.47 Å². The van der Waals surface area contributed by atoms with Gasteiger partial charge < -0.3 is 19.7 Å². The molecule has 0 fully saturated rings. The molecule has 0 aliphatic rings. The molecular formula is C36H39F2N3O6S. The summed E-state index contributed by atoms with van der Waals surface area (Å²) < 4.78 is 67.8.